The number of halogens is 2. The minimum Gasteiger partial charge on any atom is -0.272 e. The number of carbonyl (C=O) groups excluding carboxylic acids is 1. The third-order valence-corrected chi connectivity index (χ3v) is 6.03. The molecule has 1 N–H and O–H groups in total. The molecule has 0 saturated heterocycles. The molecule has 0 unspecified atom stereocenters. The molecule has 0 aliphatic heterocycles. The van der Waals surface area contributed by atoms with E-state index in [1.54, 1.807) is 36.7 Å². The van der Waals surface area contributed by atoms with Crippen molar-refractivity contribution in [1.82, 2.24) is 25.2 Å². The van der Waals surface area contributed by atoms with Gasteiger partial charge in [-0.3, -0.25) is 14.3 Å². The molecule has 4 rings (SSSR count). The Bertz CT molecular complexity index is 1270. The molecule has 0 saturated carbocycles. The summed E-state index contributed by atoms with van der Waals surface area (Å²) >= 11 is 13.4. The molecule has 4 aromatic rings. The van der Waals surface area contributed by atoms with Crippen molar-refractivity contribution in [2.45, 2.75) is 12.1 Å². The average molecular weight is 497 g/mol. The van der Waals surface area contributed by atoms with Crippen molar-refractivity contribution in [3.63, 3.8) is 0 Å². The Morgan fingerprint density at radius 3 is 2.27 bits per heavy atom. The zero-order valence-electron chi connectivity index (χ0n) is 17.4. The zero-order valence-corrected chi connectivity index (χ0v) is 19.8. The number of hydrogen-bond donors (Lipinski definition) is 1. The monoisotopic (exact) mass is 496 g/mol. The lowest BCUT2D eigenvalue weighted by Crippen LogP contribution is -2.21. The van der Waals surface area contributed by atoms with Gasteiger partial charge in [0.15, 0.2) is 11.0 Å². The Hall–Kier alpha value is -3.20. The Labute approximate surface area is 204 Å². The summed E-state index contributed by atoms with van der Waals surface area (Å²) in [5, 5.41) is 14.7. The smallest absolute Gasteiger partial charge is 0.250 e. The first-order valence-corrected chi connectivity index (χ1v) is 11.6. The number of carbonyl (C=O) groups is 1. The second-order valence-electron chi connectivity index (χ2n) is 6.88. The molecule has 7 nitrogen and oxygen atoms in total. The van der Waals surface area contributed by atoms with Crippen LogP contribution in [-0.4, -0.2) is 37.1 Å². The normalized spacial score (nSPS) is 11.4. The van der Waals surface area contributed by atoms with Crippen molar-refractivity contribution in [3.05, 3.63) is 88.7 Å². The van der Waals surface area contributed by atoms with Crippen molar-refractivity contribution >= 4 is 46.6 Å². The van der Waals surface area contributed by atoms with Crippen LogP contribution in [0.2, 0.25) is 10.0 Å². The minimum absolute atomic E-state index is 0.111. The number of thioether (sulfide) groups is 1. The van der Waals surface area contributed by atoms with E-state index in [2.05, 4.69) is 25.7 Å². The van der Waals surface area contributed by atoms with Gasteiger partial charge in [0, 0.05) is 39.3 Å². The second-order valence-corrected chi connectivity index (χ2v) is 8.70. The maximum absolute atomic E-state index is 12.4. The first-order chi connectivity index (χ1) is 16.0. The summed E-state index contributed by atoms with van der Waals surface area (Å²) in [4.78, 5) is 16.4. The van der Waals surface area contributed by atoms with Gasteiger partial charge in [-0.25, -0.2) is 5.43 Å². The minimum atomic E-state index is -0.257. The van der Waals surface area contributed by atoms with Crippen LogP contribution in [0.15, 0.2) is 83.3 Å². The van der Waals surface area contributed by atoms with Gasteiger partial charge in [0.25, 0.3) is 5.91 Å². The molecule has 0 spiro atoms. The number of rotatable bonds is 7. The molecule has 166 valence electrons. The number of nitrogens with zero attached hydrogens (tertiary/aromatic N) is 5. The highest BCUT2D eigenvalue weighted by molar-refractivity contribution is 7.99. The number of nitrogens with one attached hydrogen (secondary N) is 1. The summed E-state index contributed by atoms with van der Waals surface area (Å²) in [5.74, 6) is 0.481. The van der Waals surface area contributed by atoms with Crippen LogP contribution >= 0.6 is 35.0 Å². The van der Waals surface area contributed by atoms with Crippen molar-refractivity contribution in [2.75, 3.05) is 5.75 Å². The molecule has 10 heteroatoms. The highest BCUT2D eigenvalue weighted by Gasteiger charge is 2.17. The van der Waals surface area contributed by atoms with E-state index in [0.717, 1.165) is 16.8 Å². The van der Waals surface area contributed by atoms with Gasteiger partial charge in [-0.1, -0.05) is 35.0 Å². The average Bonchev–Trinajstić information content (AvgIpc) is 3.26. The molecule has 33 heavy (non-hydrogen) atoms. The van der Waals surface area contributed by atoms with Gasteiger partial charge in [0.2, 0.25) is 0 Å². The predicted octanol–water partition coefficient (Wildman–Crippen LogP) is 5.27. The lowest BCUT2D eigenvalue weighted by molar-refractivity contribution is -0.118. The maximum atomic E-state index is 12.4. The van der Waals surface area contributed by atoms with E-state index >= 15 is 0 Å². The standard InChI is InChI=1S/C23H18Cl2N6OS/c1-15(16-10-12-26-13-11-16)27-28-21(32)14-33-23-30-29-22(17-2-4-18(24)5-3-17)31(23)20-8-6-19(25)7-9-20/h2-13H,14H2,1H3,(H,28,32). The highest BCUT2D eigenvalue weighted by Crippen LogP contribution is 2.29. The van der Waals surface area contributed by atoms with Crippen LogP contribution in [0.3, 0.4) is 0 Å². The zero-order chi connectivity index (χ0) is 23.2. The molecule has 0 atom stereocenters. The molecule has 0 bridgehead atoms. The fraction of sp³-hybridized carbons (Fsp3) is 0.0870. The predicted molar refractivity (Wildman–Crippen MR) is 132 cm³/mol. The Morgan fingerprint density at radius 1 is 0.970 bits per heavy atom. The van der Waals surface area contributed by atoms with Crippen LogP contribution in [0.25, 0.3) is 17.1 Å². The SMILES string of the molecule is CC(=NNC(=O)CSc1nnc(-c2ccc(Cl)cc2)n1-c1ccc(Cl)cc1)c1ccncc1. The van der Waals surface area contributed by atoms with Crippen molar-refractivity contribution in [3.8, 4) is 17.1 Å². The Morgan fingerprint density at radius 2 is 1.61 bits per heavy atom. The van der Waals surface area contributed by atoms with Crippen LogP contribution in [-0.2, 0) is 4.79 Å². The lowest BCUT2D eigenvalue weighted by atomic mass is 10.2. The van der Waals surface area contributed by atoms with Crippen LogP contribution < -0.4 is 5.43 Å². The molecule has 2 heterocycles. The Balaban J connectivity index is 1.54. The number of benzene rings is 2. The number of hydrazone groups is 1. The van der Waals surface area contributed by atoms with E-state index in [9.17, 15) is 4.79 Å². The highest BCUT2D eigenvalue weighted by atomic mass is 35.5. The second kappa shape index (κ2) is 10.6. The fourth-order valence-corrected chi connectivity index (χ4v) is 3.93. The summed E-state index contributed by atoms with van der Waals surface area (Å²) in [6, 6.07) is 18.3. The number of amides is 1. The summed E-state index contributed by atoms with van der Waals surface area (Å²) in [6.45, 7) is 1.82. The summed E-state index contributed by atoms with van der Waals surface area (Å²) in [7, 11) is 0. The molecule has 0 aliphatic rings. The molecular formula is C23H18Cl2N6OS. The van der Waals surface area contributed by atoms with Gasteiger partial charge in [0.1, 0.15) is 0 Å². The first kappa shape index (κ1) is 23.0. The van der Waals surface area contributed by atoms with E-state index in [-0.39, 0.29) is 11.7 Å². The molecule has 2 aromatic carbocycles. The Kier molecular flexibility index (Phi) is 7.39. The van der Waals surface area contributed by atoms with Gasteiger partial charge >= 0.3 is 0 Å². The maximum Gasteiger partial charge on any atom is 0.250 e. The lowest BCUT2D eigenvalue weighted by Gasteiger charge is -2.10. The molecule has 2 aromatic heterocycles. The van der Waals surface area contributed by atoms with Gasteiger partial charge in [-0.15, -0.1) is 10.2 Å². The van der Waals surface area contributed by atoms with E-state index in [1.165, 1.54) is 11.8 Å². The van der Waals surface area contributed by atoms with Crippen LogP contribution in [0.4, 0.5) is 0 Å². The van der Waals surface area contributed by atoms with E-state index < -0.39 is 0 Å². The van der Waals surface area contributed by atoms with Crippen molar-refractivity contribution in [2.24, 2.45) is 5.10 Å². The van der Waals surface area contributed by atoms with Gasteiger partial charge in [-0.05, 0) is 67.6 Å². The van der Waals surface area contributed by atoms with Crippen LogP contribution in [0.5, 0.6) is 0 Å². The van der Waals surface area contributed by atoms with E-state index in [4.69, 9.17) is 23.2 Å². The third kappa shape index (κ3) is 5.78. The quantitative estimate of drug-likeness (QED) is 0.214. The van der Waals surface area contributed by atoms with Gasteiger partial charge < -0.3 is 0 Å². The summed E-state index contributed by atoms with van der Waals surface area (Å²) < 4.78 is 1.88. The van der Waals surface area contributed by atoms with Crippen molar-refractivity contribution in [1.29, 1.82) is 0 Å². The van der Waals surface area contributed by atoms with Crippen LogP contribution in [0, 0.1) is 0 Å². The van der Waals surface area contributed by atoms with Gasteiger partial charge in [0.05, 0.1) is 11.5 Å². The topological polar surface area (TPSA) is 85.1 Å². The van der Waals surface area contributed by atoms with Crippen LogP contribution in [0.1, 0.15) is 12.5 Å². The molecule has 0 fully saturated rings. The van der Waals surface area contributed by atoms with Crippen molar-refractivity contribution < 1.29 is 4.79 Å². The molecular weight excluding hydrogens is 479 g/mol. The van der Waals surface area contributed by atoms with E-state index in [0.29, 0.717) is 26.7 Å². The molecule has 0 aliphatic carbocycles. The molecule has 1 amide bonds. The van der Waals surface area contributed by atoms with Gasteiger partial charge in [-0.2, -0.15) is 5.10 Å². The fourth-order valence-electron chi connectivity index (χ4n) is 2.94. The first-order valence-electron chi connectivity index (χ1n) is 9.85. The largest absolute Gasteiger partial charge is 0.272 e. The summed E-state index contributed by atoms with van der Waals surface area (Å²) in [5.41, 5.74) is 5.81. The molecule has 0 radical (unpaired) electrons. The summed E-state index contributed by atoms with van der Waals surface area (Å²) in [6.07, 6.45) is 3.35. The number of hydrogen-bond acceptors (Lipinski definition) is 6. The van der Waals surface area contributed by atoms with E-state index in [1.807, 2.05) is 47.9 Å². The third-order valence-electron chi connectivity index (χ3n) is 4.60. The number of pyridine rings is 1. The number of aromatic nitrogens is 4.